The van der Waals surface area contributed by atoms with Crippen molar-refractivity contribution in [1.29, 1.82) is 0 Å². The number of rotatable bonds is 5. The lowest BCUT2D eigenvalue weighted by atomic mass is 9.89. The Morgan fingerprint density at radius 1 is 1.08 bits per heavy atom. The summed E-state index contributed by atoms with van der Waals surface area (Å²) in [5.74, 6) is 0.912. The molecule has 1 unspecified atom stereocenters. The van der Waals surface area contributed by atoms with Gasteiger partial charge in [-0.05, 0) is 75.0 Å². The number of carbonyl (C=O) groups is 1. The van der Waals surface area contributed by atoms with E-state index in [2.05, 4.69) is 35.2 Å². The van der Waals surface area contributed by atoms with Gasteiger partial charge in [0, 0.05) is 10.6 Å². The molecule has 0 N–H and O–H groups in total. The Hall–Kier alpha value is -1.64. The Labute approximate surface area is 149 Å². The fourth-order valence-corrected chi connectivity index (χ4v) is 3.64. The largest absolute Gasteiger partial charge is 0.293 e. The Balaban J connectivity index is 1.54. The number of carbonyl (C=O) groups excluding carboxylic acids is 1. The molecule has 3 heteroatoms. The topological polar surface area (TPSA) is 20.3 Å². The smallest absolute Gasteiger partial charge is 0.179 e. The Bertz CT molecular complexity index is 660. The molecule has 2 aromatic rings. The SMILES string of the molecule is CC(C(=O)c1ccc(Cl)cc1)N1CCC(Cc2ccccc2)CC1. The van der Waals surface area contributed by atoms with E-state index in [9.17, 15) is 4.79 Å². The lowest BCUT2D eigenvalue weighted by molar-refractivity contribution is 0.0771. The third-order valence-corrected chi connectivity index (χ3v) is 5.32. The van der Waals surface area contributed by atoms with Crippen LogP contribution in [-0.2, 0) is 6.42 Å². The lowest BCUT2D eigenvalue weighted by Crippen LogP contribution is -2.44. The number of nitrogens with zero attached hydrogens (tertiary/aromatic N) is 1. The van der Waals surface area contributed by atoms with Crippen molar-refractivity contribution in [1.82, 2.24) is 4.90 Å². The molecule has 0 radical (unpaired) electrons. The van der Waals surface area contributed by atoms with Gasteiger partial charge < -0.3 is 0 Å². The highest BCUT2D eigenvalue weighted by Gasteiger charge is 2.27. The van der Waals surface area contributed by atoms with Crippen LogP contribution in [0.3, 0.4) is 0 Å². The minimum absolute atomic E-state index is 0.0659. The molecule has 0 aliphatic carbocycles. The van der Waals surface area contributed by atoms with E-state index in [1.54, 1.807) is 12.1 Å². The van der Waals surface area contributed by atoms with Crippen molar-refractivity contribution in [2.75, 3.05) is 13.1 Å². The van der Waals surface area contributed by atoms with Crippen LogP contribution in [0.1, 0.15) is 35.7 Å². The second kappa shape index (κ2) is 7.96. The number of hydrogen-bond acceptors (Lipinski definition) is 2. The maximum Gasteiger partial charge on any atom is 0.179 e. The molecule has 1 aliphatic rings. The Kier molecular flexibility index (Phi) is 5.70. The van der Waals surface area contributed by atoms with Crippen molar-refractivity contribution in [3.8, 4) is 0 Å². The van der Waals surface area contributed by atoms with Crippen molar-refractivity contribution in [2.24, 2.45) is 5.92 Å². The first-order chi connectivity index (χ1) is 11.6. The summed E-state index contributed by atoms with van der Waals surface area (Å²) in [6.45, 7) is 4.02. The molecule has 2 aromatic carbocycles. The molecule has 0 bridgehead atoms. The summed E-state index contributed by atoms with van der Waals surface area (Å²) in [4.78, 5) is 15.0. The quantitative estimate of drug-likeness (QED) is 0.723. The van der Waals surface area contributed by atoms with Gasteiger partial charge in [0.2, 0.25) is 0 Å². The van der Waals surface area contributed by atoms with E-state index in [4.69, 9.17) is 11.6 Å². The van der Waals surface area contributed by atoms with Crippen molar-refractivity contribution in [3.05, 3.63) is 70.7 Å². The van der Waals surface area contributed by atoms with Gasteiger partial charge in [-0.25, -0.2) is 0 Å². The third kappa shape index (κ3) is 4.25. The summed E-state index contributed by atoms with van der Waals surface area (Å²) in [6, 6.07) is 17.8. The summed E-state index contributed by atoms with van der Waals surface area (Å²) in [7, 11) is 0. The van der Waals surface area contributed by atoms with E-state index >= 15 is 0 Å². The monoisotopic (exact) mass is 341 g/mol. The predicted molar refractivity (Wildman–Crippen MR) is 99.7 cm³/mol. The van der Waals surface area contributed by atoms with Crippen molar-refractivity contribution < 1.29 is 4.79 Å². The van der Waals surface area contributed by atoms with Crippen LogP contribution in [0.5, 0.6) is 0 Å². The summed E-state index contributed by atoms with van der Waals surface area (Å²) >= 11 is 5.91. The number of benzene rings is 2. The molecule has 0 saturated carbocycles. The zero-order valence-corrected chi connectivity index (χ0v) is 14.9. The average Bonchev–Trinajstić information content (AvgIpc) is 2.63. The first kappa shape index (κ1) is 17.2. The number of halogens is 1. The Morgan fingerprint density at radius 2 is 1.71 bits per heavy atom. The molecule has 1 saturated heterocycles. The van der Waals surface area contributed by atoms with Gasteiger partial charge in [0.1, 0.15) is 0 Å². The molecule has 0 amide bonds. The average molecular weight is 342 g/mol. The van der Waals surface area contributed by atoms with Crippen LogP contribution in [0.2, 0.25) is 5.02 Å². The lowest BCUT2D eigenvalue weighted by Gasteiger charge is -2.35. The third-order valence-electron chi connectivity index (χ3n) is 5.07. The highest BCUT2D eigenvalue weighted by molar-refractivity contribution is 6.30. The van der Waals surface area contributed by atoms with Crippen molar-refractivity contribution >= 4 is 17.4 Å². The van der Waals surface area contributed by atoms with Gasteiger partial charge in [-0.2, -0.15) is 0 Å². The number of ketones is 1. The van der Waals surface area contributed by atoms with Crippen LogP contribution in [0.4, 0.5) is 0 Å². The summed E-state index contributed by atoms with van der Waals surface area (Å²) < 4.78 is 0. The van der Waals surface area contributed by atoms with Gasteiger partial charge in [-0.15, -0.1) is 0 Å². The number of likely N-dealkylation sites (tertiary alicyclic amines) is 1. The maximum absolute atomic E-state index is 12.6. The summed E-state index contributed by atoms with van der Waals surface area (Å²) in [5.41, 5.74) is 2.17. The molecule has 2 nitrogen and oxygen atoms in total. The number of hydrogen-bond donors (Lipinski definition) is 0. The molecule has 0 aromatic heterocycles. The van der Waals surface area contributed by atoms with Crippen molar-refractivity contribution in [3.63, 3.8) is 0 Å². The molecule has 1 atom stereocenters. The fraction of sp³-hybridized carbons (Fsp3) is 0.381. The molecule has 3 rings (SSSR count). The second-order valence-corrected chi connectivity index (χ2v) is 7.15. The minimum atomic E-state index is -0.0659. The molecule has 1 heterocycles. The molecule has 0 spiro atoms. The zero-order chi connectivity index (χ0) is 16.9. The van der Waals surface area contributed by atoms with E-state index in [1.165, 1.54) is 5.56 Å². The van der Waals surface area contributed by atoms with E-state index in [0.717, 1.165) is 43.8 Å². The van der Waals surface area contributed by atoms with E-state index in [1.807, 2.05) is 19.1 Å². The first-order valence-electron chi connectivity index (χ1n) is 8.71. The zero-order valence-electron chi connectivity index (χ0n) is 14.1. The molecular weight excluding hydrogens is 318 g/mol. The predicted octanol–water partition coefficient (Wildman–Crippen LogP) is 4.87. The van der Waals surface area contributed by atoms with Crippen LogP contribution in [-0.4, -0.2) is 29.8 Å². The molecule has 24 heavy (non-hydrogen) atoms. The summed E-state index contributed by atoms with van der Waals surface area (Å²) in [6.07, 6.45) is 3.47. The Morgan fingerprint density at radius 3 is 2.33 bits per heavy atom. The van der Waals surface area contributed by atoms with Gasteiger partial charge in [-0.1, -0.05) is 41.9 Å². The highest BCUT2D eigenvalue weighted by Crippen LogP contribution is 2.24. The molecule has 1 fully saturated rings. The minimum Gasteiger partial charge on any atom is -0.293 e. The van der Waals surface area contributed by atoms with Crippen molar-refractivity contribution in [2.45, 2.75) is 32.2 Å². The molecular formula is C21H24ClNO. The fourth-order valence-electron chi connectivity index (χ4n) is 3.51. The van der Waals surface area contributed by atoms with E-state index < -0.39 is 0 Å². The van der Waals surface area contributed by atoms with Gasteiger partial charge >= 0.3 is 0 Å². The highest BCUT2D eigenvalue weighted by atomic mass is 35.5. The van der Waals surface area contributed by atoms with Crippen LogP contribution in [0.25, 0.3) is 0 Å². The second-order valence-electron chi connectivity index (χ2n) is 6.72. The maximum atomic E-state index is 12.6. The normalized spacial score (nSPS) is 17.6. The van der Waals surface area contributed by atoms with Gasteiger partial charge in [0.25, 0.3) is 0 Å². The van der Waals surface area contributed by atoms with Gasteiger partial charge in [0.15, 0.2) is 5.78 Å². The molecule has 126 valence electrons. The van der Waals surface area contributed by atoms with E-state index in [0.29, 0.717) is 5.02 Å². The summed E-state index contributed by atoms with van der Waals surface area (Å²) in [5, 5.41) is 0.668. The number of piperidine rings is 1. The van der Waals surface area contributed by atoms with Crippen LogP contribution in [0.15, 0.2) is 54.6 Å². The number of Topliss-reactive ketones (excluding diaryl/α,β-unsaturated/α-hetero) is 1. The van der Waals surface area contributed by atoms with Crippen LogP contribution >= 0.6 is 11.6 Å². The van der Waals surface area contributed by atoms with Gasteiger partial charge in [0.05, 0.1) is 6.04 Å². The first-order valence-corrected chi connectivity index (χ1v) is 9.09. The van der Waals surface area contributed by atoms with Crippen LogP contribution in [0, 0.1) is 5.92 Å². The standard InChI is InChI=1S/C21H24ClNO/c1-16(21(24)19-7-9-20(22)10-8-19)23-13-11-18(12-14-23)15-17-5-3-2-4-6-17/h2-10,16,18H,11-15H2,1H3. The van der Waals surface area contributed by atoms with Gasteiger partial charge in [-0.3, -0.25) is 9.69 Å². The van der Waals surface area contributed by atoms with Crippen LogP contribution < -0.4 is 0 Å². The molecule has 1 aliphatic heterocycles. The van der Waals surface area contributed by atoms with E-state index in [-0.39, 0.29) is 11.8 Å².